The number of nitrogens with zero attached hydrogens (tertiary/aromatic N) is 2. The van der Waals surface area contributed by atoms with Crippen molar-refractivity contribution in [3.05, 3.63) is 120 Å². The second-order valence-corrected chi connectivity index (χ2v) is 6.94. The van der Waals surface area contributed by atoms with Gasteiger partial charge < -0.3 is 10.6 Å². The van der Waals surface area contributed by atoms with Crippen molar-refractivity contribution >= 4 is 22.8 Å². The van der Waals surface area contributed by atoms with E-state index < -0.39 is 0 Å². The Balaban J connectivity index is 1.52. The van der Waals surface area contributed by atoms with E-state index in [4.69, 9.17) is 0 Å². The van der Waals surface area contributed by atoms with Crippen molar-refractivity contribution < 1.29 is 0 Å². The molecule has 0 unspecified atom stereocenters. The zero-order chi connectivity index (χ0) is 18.5. The quantitative estimate of drug-likeness (QED) is 0.695. The van der Waals surface area contributed by atoms with Crippen molar-refractivity contribution in [2.24, 2.45) is 0 Å². The van der Waals surface area contributed by atoms with Crippen LogP contribution in [-0.4, -0.2) is 0 Å². The molecule has 3 heterocycles. The summed E-state index contributed by atoms with van der Waals surface area (Å²) < 4.78 is 0. The van der Waals surface area contributed by atoms with Gasteiger partial charge in [-0.25, -0.2) is 0 Å². The highest BCUT2D eigenvalue weighted by atomic mass is 15.4. The SMILES string of the molecule is C1=C(c2ccccc2)N2C(=C3NC=C(c4ccccc4)N3c3ccccc32)N1. The number of para-hydroxylation sites is 2. The Kier molecular flexibility index (Phi) is 3.14. The Labute approximate surface area is 163 Å². The maximum absolute atomic E-state index is 3.50. The van der Waals surface area contributed by atoms with Gasteiger partial charge >= 0.3 is 0 Å². The third-order valence-electron chi connectivity index (χ3n) is 5.35. The topological polar surface area (TPSA) is 30.5 Å². The summed E-state index contributed by atoms with van der Waals surface area (Å²) in [6, 6.07) is 29.5. The lowest BCUT2D eigenvalue weighted by Crippen LogP contribution is -2.36. The van der Waals surface area contributed by atoms with Crippen molar-refractivity contribution in [2.75, 3.05) is 9.80 Å². The molecule has 6 rings (SSSR count). The first-order chi connectivity index (χ1) is 13.9. The van der Waals surface area contributed by atoms with Gasteiger partial charge in [-0.3, -0.25) is 9.80 Å². The van der Waals surface area contributed by atoms with Crippen LogP contribution in [0.3, 0.4) is 0 Å². The molecule has 134 valence electrons. The first kappa shape index (κ1) is 15.2. The summed E-state index contributed by atoms with van der Waals surface area (Å²) in [7, 11) is 0. The van der Waals surface area contributed by atoms with Gasteiger partial charge in [0.1, 0.15) is 0 Å². The van der Waals surface area contributed by atoms with Crippen molar-refractivity contribution in [1.29, 1.82) is 0 Å². The predicted octanol–water partition coefficient (Wildman–Crippen LogP) is 4.64. The highest BCUT2D eigenvalue weighted by molar-refractivity contribution is 5.99. The molecule has 3 aromatic carbocycles. The summed E-state index contributed by atoms with van der Waals surface area (Å²) in [5.74, 6) is 2.08. The summed E-state index contributed by atoms with van der Waals surface area (Å²) in [5, 5.41) is 6.99. The molecular weight excluding hydrogens is 344 g/mol. The number of hydrogen-bond acceptors (Lipinski definition) is 4. The lowest BCUT2D eigenvalue weighted by molar-refractivity contribution is 0.901. The van der Waals surface area contributed by atoms with Crippen LogP contribution in [0.1, 0.15) is 11.1 Å². The van der Waals surface area contributed by atoms with Gasteiger partial charge in [0.25, 0.3) is 0 Å². The van der Waals surface area contributed by atoms with Gasteiger partial charge in [-0.1, -0.05) is 72.8 Å². The van der Waals surface area contributed by atoms with Gasteiger partial charge in [-0.05, 0) is 12.1 Å². The minimum atomic E-state index is 1.04. The van der Waals surface area contributed by atoms with Crippen molar-refractivity contribution in [2.45, 2.75) is 0 Å². The lowest BCUT2D eigenvalue weighted by Gasteiger charge is -2.37. The van der Waals surface area contributed by atoms with Crippen LogP contribution in [0, 0.1) is 0 Å². The summed E-state index contributed by atoms with van der Waals surface area (Å²) >= 11 is 0. The fourth-order valence-electron chi connectivity index (χ4n) is 4.11. The third-order valence-corrected chi connectivity index (χ3v) is 5.35. The fraction of sp³-hybridized carbons (Fsp3) is 0. The van der Waals surface area contributed by atoms with E-state index in [2.05, 4.69) is 106 Å². The largest absolute Gasteiger partial charge is 0.343 e. The number of anilines is 2. The highest BCUT2D eigenvalue weighted by Crippen LogP contribution is 2.48. The van der Waals surface area contributed by atoms with E-state index in [0.717, 1.165) is 34.4 Å². The molecule has 0 saturated heterocycles. The van der Waals surface area contributed by atoms with Crippen molar-refractivity contribution in [1.82, 2.24) is 10.6 Å². The molecule has 0 aliphatic carbocycles. The van der Waals surface area contributed by atoms with E-state index in [0.29, 0.717) is 0 Å². The summed E-state index contributed by atoms with van der Waals surface area (Å²) in [4.78, 5) is 4.59. The first-order valence-electron chi connectivity index (χ1n) is 9.40. The summed E-state index contributed by atoms with van der Waals surface area (Å²) in [5.41, 5.74) is 6.97. The third kappa shape index (κ3) is 2.06. The number of fused-ring (bicyclic) bond motifs is 5. The maximum atomic E-state index is 3.50. The molecule has 0 amide bonds. The van der Waals surface area contributed by atoms with Crippen LogP contribution in [0.25, 0.3) is 11.4 Å². The van der Waals surface area contributed by atoms with Crippen LogP contribution in [0.15, 0.2) is 109 Å². The second-order valence-electron chi connectivity index (χ2n) is 6.94. The molecule has 28 heavy (non-hydrogen) atoms. The van der Waals surface area contributed by atoms with Gasteiger partial charge in [0.05, 0.1) is 22.8 Å². The average Bonchev–Trinajstić information content (AvgIpc) is 3.40. The number of hydrogen-bond donors (Lipinski definition) is 2. The van der Waals surface area contributed by atoms with Crippen LogP contribution >= 0.6 is 0 Å². The molecule has 0 fully saturated rings. The Morgan fingerprint density at radius 2 is 0.857 bits per heavy atom. The zero-order valence-electron chi connectivity index (χ0n) is 15.1. The second kappa shape index (κ2) is 5.79. The summed E-state index contributed by atoms with van der Waals surface area (Å²) in [6.45, 7) is 0. The van der Waals surface area contributed by atoms with Gasteiger partial charge in [-0.15, -0.1) is 0 Å². The normalized spacial score (nSPS) is 16.6. The minimum Gasteiger partial charge on any atom is -0.343 e. The van der Waals surface area contributed by atoms with Crippen LogP contribution in [0.4, 0.5) is 11.4 Å². The van der Waals surface area contributed by atoms with E-state index in [1.165, 1.54) is 11.1 Å². The van der Waals surface area contributed by atoms with Crippen molar-refractivity contribution in [3.8, 4) is 0 Å². The molecule has 0 aromatic heterocycles. The van der Waals surface area contributed by atoms with Crippen LogP contribution in [0.2, 0.25) is 0 Å². The number of benzene rings is 3. The molecule has 3 aliphatic heterocycles. The molecule has 0 atom stereocenters. The molecule has 0 radical (unpaired) electrons. The average molecular weight is 362 g/mol. The first-order valence-corrected chi connectivity index (χ1v) is 9.40. The van der Waals surface area contributed by atoms with Gasteiger partial charge in [0, 0.05) is 23.5 Å². The molecule has 3 aliphatic rings. The Morgan fingerprint density at radius 3 is 1.29 bits per heavy atom. The predicted molar refractivity (Wildman–Crippen MR) is 114 cm³/mol. The van der Waals surface area contributed by atoms with E-state index >= 15 is 0 Å². The molecular formula is C24H18N4. The van der Waals surface area contributed by atoms with Crippen molar-refractivity contribution in [3.63, 3.8) is 0 Å². The standard InChI is InChI=1S/C24H18N4/c1-3-9-17(10-4-1)21-15-25-23-24-26-16-22(18-11-5-2-6-12-18)28(24)20-14-8-7-13-19(20)27(21)23/h1-16,25-26H. The van der Waals surface area contributed by atoms with Gasteiger partial charge in [0.2, 0.25) is 0 Å². The number of nitrogens with one attached hydrogen (secondary N) is 2. The molecule has 2 N–H and O–H groups in total. The summed E-state index contributed by atoms with van der Waals surface area (Å²) in [6.07, 6.45) is 4.17. The molecule has 0 spiro atoms. The van der Waals surface area contributed by atoms with Crippen LogP contribution < -0.4 is 20.4 Å². The minimum absolute atomic E-state index is 1.04. The number of rotatable bonds is 2. The maximum Gasteiger partial charge on any atom is 0.157 e. The molecule has 4 nitrogen and oxygen atoms in total. The van der Waals surface area contributed by atoms with Crippen LogP contribution in [0.5, 0.6) is 0 Å². The Bertz CT molecular complexity index is 1070. The molecule has 4 heteroatoms. The fourth-order valence-corrected chi connectivity index (χ4v) is 4.11. The van der Waals surface area contributed by atoms with E-state index in [1.807, 2.05) is 12.1 Å². The Hall–Kier alpha value is -3.92. The Morgan fingerprint density at radius 1 is 0.464 bits per heavy atom. The smallest absolute Gasteiger partial charge is 0.157 e. The van der Waals surface area contributed by atoms with Crippen LogP contribution in [-0.2, 0) is 0 Å². The monoisotopic (exact) mass is 362 g/mol. The highest BCUT2D eigenvalue weighted by Gasteiger charge is 2.39. The van der Waals surface area contributed by atoms with Gasteiger partial charge in [0.15, 0.2) is 11.6 Å². The van der Waals surface area contributed by atoms with E-state index in [-0.39, 0.29) is 0 Å². The van der Waals surface area contributed by atoms with E-state index in [1.54, 1.807) is 0 Å². The van der Waals surface area contributed by atoms with Gasteiger partial charge in [-0.2, -0.15) is 0 Å². The molecule has 0 saturated carbocycles. The lowest BCUT2D eigenvalue weighted by atomic mass is 10.1. The van der Waals surface area contributed by atoms with E-state index in [9.17, 15) is 0 Å². The zero-order valence-corrected chi connectivity index (χ0v) is 15.1. The molecule has 0 bridgehead atoms. The molecule has 3 aromatic rings.